The number of guanidine groups is 1. The largest absolute Gasteiger partial charge is 0.492 e. The van der Waals surface area contributed by atoms with Crippen LogP contribution in [0.2, 0.25) is 0 Å². The van der Waals surface area contributed by atoms with Crippen LogP contribution in [0.3, 0.4) is 0 Å². The number of amides is 2. The number of aliphatic imine (C=N–C) groups is 1. The maximum Gasteiger partial charge on any atom is 0.321 e. The van der Waals surface area contributed by atoms with E-state index in [4.69, 9.17) is 4.74 Å². The molecule has 7 nitrogen and oxygen atoms in total. The Balaban J connectivity index is 0.00000363. The highest BCUT2D eigenvalue weighted by atomic mass is 127. The third-order valence-corrected chi connectivity index (χ3v) is 5.02. The summed E-state index contributed by atoms with van der Waals surface area (Å²) >= 11 is 0. The van der Waals surface area contributed by atoms with Crippen molar-refractivity contribution in [3.63, 3.8) is 0 Å². The maximum atomic E-state index is 12.3. The van der Waals surface area contributed by atoms with Crippen LogP contribution in [0.25, 0.3) is 0 Å². The van der Waals surface area contributed by atoms with Crippen molar-refractivity contribution in [3.8, 4) is 5.75 Å². The smallest absolute Gasteiger partial charge is 0.321 e. The van der Waals surface area contributed by atoms with Gasteiger partial charge < -0.3 is 25.6 Å². The quantitative estimate of drug-likeness (QED) is 0.197. The van der Waals surface area contributed by atoms with Gasteiger partial charge in [-0.2, -0.15) is 0 Å². The van der Waals surface area contributed by atoms with Gasteiger partial charge in [0, 0.05) is 25.3 Å². The summed E-state index contributed by atoms with van der Waals surface area (Å²) in [7, 11) is 0. The molecule has 2 aromatic rings. The van der Waals surface area contributed by atoms with Crippen molar-refractivity contribution in [2.45, 2.75) is 33.2 Å². The van der Waals surface area contributed by atoms with Gasteiger partial charge in [0.1, 0.15) is 12.4 Å². The van der Waals surface area contributed by atoms with Gasteiger partial charge >= 0.3 is 6.03 Å². The Kier molecular flexibility index (Phi) is 11.1. The molecule has 0 radical (unpaired) electrons. The Hall–Kier alpha value is -2.49. The Labute approximate surface area is 208 Å². The summed E-state index contributed by atoms with van der Waals surface area (Å²) in [6.45, 7) is 8.24. The highest BCUT2D eigenvalue weighted by Gasteiger charge is 2.17. The second kappa shape index (κ2) is 13.8. The minimum atomic E-state index is -0.0262. The zero-order valence-electron chi connectivity index (χ0n) is 18.9. The van der Waals surface area contributed by atoms with E-state index in [-0.39, 0.29) is 30.0 Å². The first kappa shape index (κ1) is 25.8. The number of hydrogen-bond donors (Lipinski definition) is 3. The second-order valence-corrected chi connectivity index (χ2v) is 7.61. The molecule has 32 heavy (non-hydrogen) atoms. The Bertz CT molecular complexity index is 867. The lowest BCUT2D eigenvalue weighted by Crippen LogP contribution is -2.39. The number of halogens is 1. The number of aryl methyl sites for hydroxylation is 1. The molecule has 0 unspecified atom stereocenters. The van der Waals surface area contributed by atoms with Gasteiger partial charge in [-0.05, 0) is 56.5 Å². The molecule has 0 saturated carbocycles. The molecule has 0 atom stereocenters. The zero-order chi connectivity index (χ0) is 21.9. The van der Waals surface area contributed by atoms with Crippen molar-refractivity contribution in [3.05, 3.63) is 59.7 Å². The molecule has 0 aromatic heterocycles. The monoisotopic (exact) mass is 551 g/mol. The Morgan fingerprint density at radius 3 is 2.56 bits per heavy atom. The van der Waals surface area contributed by atoms with Crippen molar-refractivity contribution in [1.29, 1.82) is 0 Å². The van der Waals surface area contributed by atoms with E-state index in [1.165, 1.54) is 5.56 Å². The van der Waals surface area contributed by atoms with Crippen molar-refractivity contribution in [2.24, 2.45) is 4.99 Å². The second-order valence-electron chi connectivity index (χ2n) is 7.61. The van der Waals surface area contributed by atoms with Crippen molar-refractivity contribution >= 4 is 41.7 Å². The first-order valence-electron chi connectivity index (χ1n) is 11.0. The van der Waals surface area contributed by atoms with Crippen LogP contribution in [0.4, 0.5) is 10.5 Å². The fraction of sp³-hybridized carbons (Fsp3) is 0.417. The number of urea groups is 1. The molecule has 1 aliphatic rings. The third-order valence-electron chi connectivity index (χ3n) is 5.02. The summed E-state index contributed by atoms with van der Waals surface area (Å²) in [5.41, 5.74) is 3.05. The summed E-state index contributed by atoms with van der Waals surface area (Å²) in [5, 5.41) is 9.53. The van der Waals surface area contributed by atoms with Crippen LogP contribution in [0, 0.1) is 6.92 Å². The minimum absolute atomic E-state index is 0. The minimum Gasteiger partial charge on any atom is -0.492 e. The van der Waals surface area contributed by atoms with Crippen molar-refractivity contribution in [1.82, 2.24) is 15.5 Å². The van der Waals surface area contributed by atoms with Gasteiger partial charge in [-0.1, -0.05) is 29.8 Å². The number of carbonyl (C=O) groups is 1. The number of carbonyl (C=O) groups excluding carboxylic acids is 1. The van der Waals surface area contributed by atoms with Crippen LogP contribution >= 0.6 is 24.0 Å². The van der Waals surface area contributed by atoms with E-state index in [1.807, 2.05) is 60.4 Å². The van der Waals surface area contributed by atoms with Crippen LogP contribution in [-0.4, -0.2) is 49.7 Å². The number of benzene rings is 2. The fourth-order valence-corrected chi connectivity index (χ4v) is 3.36. The standard InChI is InChI=1S/C24H33N5O2.HI/c1-3-25-23(26-13-16-31-22-11-9-19(2)10-12-22)27-18-20-7-6-8-21(17-20)28-24(30)29-14-4-5-15-29;/h6-12,17H,3-5,13-16,18H2,1-2H3,(H,28,30)(H2,25,26,27);1H. The highest BCUT2D eigenvalue weighted by molar-refractivity contribution is 14.0. The predicted octanol–water partition coefficient (Wildman–Crippen LogP) is 4.37. The average Bonchev–Trinajstić information content (AvgIpc) is 3.32. The number of nitrogens with one attached hydrogen (secondary N) is 3. The lowest BCUT2D eigenvalue weighted by Gasteiger charge is -2.16. The zero-order valence-corrected chi connectivity index (χ0v) is 21.2. The molecular weight excluding hydrogens is 517 g/mol. The predicted molar refractivity (Wildman–Crippen MR) is 141 cm³/mol. The van der Waals surface area contributed by atoms with Crippen LogP contribution in [0.1, 0.15) is 30.9 Å². The van der Waals surface area contributed by atoms with Crippen LogP contribution in [0.5, 0.6) is 5.75 Å². The van der Waals surface area contributed by atoms with Crippen molar-refractivity contribution in [2.75, 3.05) is 38.1 Å². The van der Waals surface area contributed by atoms with E-state index in [1.54, 1.807) is 0 Å². The number of hydrogen-bond acceptors (Lipinski definition) is 3. The lowest BCUT2D eigenvalue weighted by molar-refractivity contribution is 0.222. The normalized spacial score (nSPS) is 13.3. The highest BCUT2D eigenvalue weighted by Crippen LogP contribution is 2.15. The molecule has 0 bridgehead atoms. The summed E-state index contributed by atoms with van der Waals surface area (Å²) in [6.07, 6.45) is 2.16. The van der Waals surface area contributed by atoms with E-state index >= 15 is 0 Å². The van der Waals surface area contributed by atoms with Gasteiger partial charge in [-0.15, -0.1) is 24.0 Å². The van der Waals surface area contributed by atoms with E-state index < -0.39 is 0 Å². The molecular formula is C24H34IN5O2. The van der Waals surface area contributed by atoms with Crippen LogP contribution in [0.15, 0.2) is 53.5 Å². The molecule has 1 aliphatic heterocycles. The molecule has 0 aliphatic carbocycles. The SMILES string of the molecule is CCNC(=NCc1cccc(NC(=O)N2CCCC2)c1)NCCOc1ccc(C)cc1.I. The summed E-state index contributed by atoms with van der Waals surface area (Å²) in [6, 6.07) is 15.8. The Morgan fingerprint density at radius 2 is 1.84 bits per heavy atom. The number of nitrogens with zero attached hydrogens (tertiary/aromatic N) is 2. The molecule has 8 heteroatoms. The molecule has 3 rings (SSSR count). The number of ether oxygens (including phenoxy) is 1. The van der Waals surface area contributed by atoms with Gasteiger partial charge in [0.2, 0.25) is 0 Å². The third kappa shape index (κ3) is 8.57. The van der Waals surface area contributed by atoms with Gasteiger partial charge in [-0.25, -0.2) is 9.79 Å². The van der Waals surface area contributed by atoms with Gasteiger partial charge in [0.15, 0.2) is 5.96 Å². The van der Waals surface area contributed by atoms with E-state index in [0.717, 1.165) is 55.4 Å². The number of anilines is 1. The van der Waals surface area contributed by atoms with Crippen LogP contribution < -0.4 is 20.7 Å². The summed E-state index contributed by atoms with van der Waals surface area (Å²) in [4.78, 5) is 18.8. The summed E-state index contributed by atoms with van der Waals surface area (Å²) < 4.78 is 5.76. The van der Waals surface area contributed by atoms with Crippen LogP contribution in [-0.2, 0) is 6.54 Å². The van der Waals surface area contributed by atoms with Gasteiger partial charge in [0.25, 0.3) is 0 Å². The topological polar surface area (TPSA) is 78.0 Å². The summed E-state index contributed by atoms with van der Waals surface area (Å²) in [5.74, 6) is 1.60. The number of likely N-dealkylation sites (tertiary alicyclic amines) is 1. The first-order chi connectivity index (χ1) is 15.1. The van der Waals surface area contributed by atoms with Crippen molar-refractivity contribution < 1.29 is 9.53 Å². The molecule has 174 valence electrons. The van der Waals surface area contributed by atoms with E-state index in [2.05, 4.69) is 27.9 Å². The molecule has 1 saturated heterocycles. The molecule has 1 heterocycles. The van der Waals surface area contributed by atoms with E-state index in [9.17, 15) is 4.79 Å². The number of rotatable bonds is 8. The first-order valence-corrected chi connectivity index (χ1v) is 11.0. The maximum absolute atomic E-state index is 12.3. The molecule has 3 N–H and O–H groups in total. The average molecular weight is 551 g/mol. The molecule has 0 spiro atoms. The fourth-order valence-electron chi connectivity index (χ4n) is 3.36. The Morgan fingerprint density at radius 1 is 1.09 bits per heavy atom. The molecule has 2 aromatic carbocycles. The van der Waals surface area contributed by atoms with Gasteiger partial charge in [0.05, 0.1) is 13.1 Å². The lowest BCUT2D eigenvalue weighted by atomic mass is 10.2. The molecule has 1 fully saturated rings. The van der Waals surface area contributed by atoms with E-state index in [0.29, 0.717) is 19.7 Å². The van der Waals surface area contributed by atoms with Gasteiger partial charge in [-0.3, -0.25) is 0 Å². The molecule has 2 amide bonds.